The van der Waals surface area contributed by atoms with Crippen molar-refractivity contribution in [3.05, 3.63) is 83.4 Å². The Bertz CT molecular complexity index is 1140. The number of phenols is 1. The van der Waals surface area contributed by atoms with E-state index in [1.807, 2.05) is 0 Å². The molecule has 34 heavy (non-hydrogen) atoms. The first-order valence-electron chi connectivity index (χ1n) is 10.8. The van der Waals surface area contributed by atoms with Gasteiger partial charge in [-0.05, 0) is 78.7 Å². The topological polar surface area (TPSA) is 106 Å². The minimum absolute atomic E-state index is 0.0707. The summed E-state index contributed by atoms with van der Waals surface area (Å²) in [5, 5.41) is 13.2. The molecule has 0 aromatic heterocycles. The van der Waals surface area contributed by atoms with Gasteiger partial charge in [0.1, 0.15) is 11.5 Å². The van der Waals surface area contributed by atoms with Gasteiger partial charge in [0.25, 0.3) is 5.91 Å². The fourth-order valence-electron chi connectivity index (χ4n) is 2.87. The molecule has 0 saturated carbocycles. The maximum atomic E-state index is 12.5. The predicted octanol–water partition coefficient (Wildman–Crippen LogP) is 4.56. The molecule has 0 heterocycles. The average molecular weight is 463 g/mol. The summed E-state index contributed by atoms with van der Waals surface area (Å²) < 4.78 is 16.4. The Hall–Kier alpha value is -4.33. The van der Waals surface area contributed by atoms with E-state index in [1.165, 1.54) is 37.6 Å². The van der Waals surface area contributed by atoms with Crippen LogP contribution in [0.5, 0.6) is 23.0 Å². The van der Waals surface area contributed by atoms with Crippen LogP contribution >= 0.6 is 0 Å². The number of amides is 1. The Labute approximate surface area is 197 Å². The van der Waals surface area contributed by atoms with Gasteiger partial charge in [-0.3, -0.25) is 4.79 Å². The Balaban J connectivity index is 1.60. The van der Waals surface area contributed by atoms with Gasteiger partial charge in [0.15, 0.2) is 11.5 Å². The number of esters is 1. The number of methoxy groups -OCH3 is 1. The summed E-state index contributed by atoms with van der Waals surface area (Å²) in [5.41, 5.74) is 3.77. The first kappa shape index (κ1) is 24.3. The molecule has 8 heteroatoms. The van der Waals surface area contributed by atoms with Crippen molar-refractivity contribution in [2.75, 3.05) is 13.7 Å². The fourth-order valence-corrected chi connectivity index (χ4v) is 2.87. The molecule has 8 nitrogen and oxygen atoms in total. The van der Waals surface area contributed by atoms with Crippen molar-refractivity contribution in [3.8, 4) is 23.0 Å². The summed E-state index contributed by atoms with van der Waals surface area (Å²) in [6.07, 6.45) is 3.45. The number of hydrogen-bond acceptors (Lipinski definition) is 7. The average Bonchev–Trinajstić information content (AvgIpc) is 2.85. The monoisotopic (exact) mass is 462 g/mol. The van der Waals surface area contributed by atoms with Gasteiger partial charge in [0.2, 0.25) is 0 Å². The Morgan fingerprint density at radius 1 is 0.971 bits per heavy atom. The number of rotatable bonds is 10. The maximum Gasteiger partial charge on any atom is 0.343 e. The molecule has 0 unspecified atom stereocenters. The molecule has 0 aliphatic heterocycles. The highest BCUT2D eigenvalue weighted by Gasteiger charge is 2.13. The SMILES string of the molecule is CCCCOc1ccc(C(=O)Oc2ccc(/C=N\NC(=O)c3ccc(O)cc3)cc2OC)cc1. The molecule has 0 aliphatic carbocycles. The number of aromatic hydroxyl groups is 1. The lowest BCUT2D eigenvalue weighted by molar-refractivity contribution is 0.0729. The van der Waals surface area contributed by atoms with Gasteiger partial charge < -0.3 is 19.3 Å². The zero-order chi connectivity index (χ0) is 24.3. The van der Waals surface area contributed by atoms with E-state index < -0.39 is 11.9 Å². The second-order valence-corrected chi connectivity index (χ2v) is 7.27. The van der Waals surface area contributed by atoms with Gasteiger partial charge in [0, 0.05) is 5.56 Å². The Kier molecular flexibility index (Phi) is 8.62. The van der Waals surface area contributed by atoms with Crippen LogP contribution < -0.4 is 19.6 Å². The maximum absolute atomic E-state index is 12.5. The van der Waals surface area contributed by atoms with E-state index in [-0.39, 0.29) is 11.5 Å². The lowest BCUT2D eigenvalue weighted by Crippen LogP contribution is -2.17. The Morgan fingerprint density at radius 3 is 2.35 bits per heavy atom. The van der Waals surface area contributed by atoms with Crippen molar-refractivity contribution in [3.63, 3.8) is 0 Å². The van der Waals surface area contributed by atoms with E-state index in [2.05, 4.69) is 17.5 Å². The van der Waals surface area contributed by atoms with E-state index in [0.29, 0.717) is 34.8 Å². The van der Waals surface area contributed by atoms with Crippen LogP contribution in [0.15, 0.2) is 71.8 Å². The van der Waals surface area contributed by atoms with E-state index in [4.69, 9.17) is 14.2 Å². The summed E-state index contributed by atoms with van der Waals surface area (Å²) in [6, 6.07) is 17.4. The summed E-state index contributed by atoms with van der Waals surface area (Å²) >= 11 is 0. The lowest BCUT2D eigenvalue weighted by atomic mass is 10.2. The number of unbranched alkanes of at least 4 members (excludes halogenated alkanes) is 1. The van der Waals surface area contributed by atoms with Gasteiger partial charge in [-0.25, -0.2) is 10.2 Å². The molecule has 176 valence electrons. The molecule has 0 bridgehead atoms. The van der Waals surface area contributed by atoms with Crippen molar-refractivity contribution in [1.82, 2.24) is 5.43 Å². The summed E-state index contributed by atoms with van der Waals surface area (Å²) in [5.74, 6) is 0.407. The standard InChI is InChI=1S/C26H26N2O6/c1-3-4-15-33-22-12-8-20(9-13-22)26(31)34-23-14-5-18(16-24(23)32-2)17-27-28-25(30)19-6-10-21(29)11-7-19/h5-14,16-17,29H,3-4,15H2,1-2H3,(H,28,30)/b27-17-. The minimum atomic E-state index is -0.527. The van der Waals surface area contributed by atoms with E-state index in [9.17, 15) is 14.7 Å². The van der Waals surface area contributed by atoms with E-state index in [1.54, 1.807) is 42.5 Å². The quantitative estimate of drug-likeness (QED) is 0.150. The molecule has 0 atom stereocenters. The molecule has 3 aromatic rings. The molecular weight excluding hydrogens is 436 g/mol. The highest BCUT2D eigenvalue weighted by Crippen LogP contribution is 2.28. The molecular formula is C26H26N2O6. The van der Waals surface area contributed by atoms with Crippen LogP contribution in [0.3, 0.4) is 0 Å². The highest BCUT2D eigenvalue weighted by molar-refractivity contribution is 5.95. The first-order chi connectivity index (χ1) is 16.5. The number of hydrogen-bond donors (Lipinski definition) is 2. The van der Waals surface area contributed by atoms with Gasteiger partial charge >= 0.3 is 5.97 Å². The highest BCUT2D eigenvalue weighted by atomic mass is 16.6. The zero-order valence-corrected chi connectivity index (χ0v) is 19.0. The molecule has 0 aliphatic rings. The number of phenolic OH excluding ortho intramolecular Hbond substituents is 1. The smallest absolute Gasteiger partial charge is 0.343 e. The number of hydrazone groups is 1. The van der Waals surface area contributed by atoms with E-state index >= 15 is 0 Å². The van der Waals surface area contributed by atoms with Gasteiger partial charge in [0.05, 0.1) is 25.5 Å². The third-order valence-electron chi connectivity index (χ3n) is 4.76. The second-order valence-electron chi connectivity index (χ2n) is 7.27. The van der Waals surface area contributed by atoms with Crippen LogP contribution in [0.2, 0.25) is 0 Å². The number of nitrogens with one attached hydrogen (secondary N) is 1. The van der Waals surface area contributed by atoms with Crippen molar-refractivity contribution in [1.29, 1.82) is 0 Å². The van der Waals surface area contributed by atoms with Crippen molar-refractivity contribution >= 4 is 18.1 Å². The third-order valence-corrected chi connectivity index (χ3v) is 4.76. The molecule has 0 radical (unpaired) electrons. The lowest BCUT2D eigenvalue weighted by Gasteiger charge is -2.10. The zero-order valence-electron chi connectivity index (χ0n) is 19.0. The van der Waals surface area contributed by atoms with Crippen LogP contribution in [0.1, 0.15) is 46.0 Å². The molecule has 3 rings (SSSR count). The molecule has 0 spiro atoms. The van der Waals surface area contributed by atoms with Crippen molar-refractivity contribution in [2.24, 2.45) is 5.10 Å². The van der Waals surface area contributed by atoms with Crippen molar-refractivity contribution < 1.29 is 28.9 Å². The number of nitrogens with zero attached hydrogens (tertiary/aromatic N) is 1. The fraction of sp³-hybridized carbons (Fsp3) is 0.192. The number of carbonyl (C=O) groups excluding carboxylic acids is 2. The van der Waals surface area contributed by atoms with Crippen LogP contribution in [0.4, 0.5) is 0 Å². The van der Waals surface area contributed by atoms with Crippen LogP contribution in [-0.2, 0) is 0 Å². The molecule has 0 saturated heterocycles. The van der Waals surface area contributed by atoms with Crippen LogP contribution in [-0.4, -0.2) is 36.9 Å². The summed E-state index contributed by atoms with van der Waals surface area (Å²) in [7, 11) is 1.46. The van der Waals surface area contributed by atoms with Crippen LogP contribution in [0, 0.1) is 0 Å². The van der Waals surface area contributed by atoms with Crippen molar-refractivity contribution in [2.45, 2.75) is 19.8 Å². The first-order valence-corrected chi connectivity index (χ1v) is 10.8. The molecule has 0 fully saturated rings. The molecule has 2 N–H and O–H groups in total. The second kappa shape index (κ2) is 12.1. The molecule has 3 aromatic carbocycles. The Morgan fingerprint density at radius 2 is 1.68 bits per heavy atom. The number of carbonyl (C=O) groups is 2. The van der Waals surface area contributed by atoms with Crippen LogP contribution in [0.25, 0.3) is 0 Å². The minimum Gasteiger partial charge on any atom is -0.508 e. The number of ether oxygens (including phenoxy) is 3. The van der Waals surface area contributed by atoms with E-state index in [0.717, 1.165) is 12.8 Å². The predicted molar refractivity (Wildman–Crippen MR) is 128 cm³/mol. The molecule has 1 amide bonds. The normalized spacial score (nSPS) is 10.6. The van der Waals surface area contributed by atoms with Gasteiger partial charge in [-0.1, -0.05) is 13.3 Å². The summed E-state index contributed by atoms with van der Waals surface area (Å²) in [4.78, 5) is 24.6. The summed E-state index contributed by atoms with van der Waals surface area (Å²) in [6.45, 7) is 2.72. The van der Waals surface area contributed by atoms with Gasteiger partial charge in [-0.15, -0.1) is 0 Å². The van der Waals surface area contributed by atoms with Gasteiger partial charge in [-0.2, -0.15) is 5.10 Å². The number of benzene rings is 3. The third kappa shape index (κ3) is 6.83. The largest absolute Gasteiger partial charge is 0.508 e.